The average Bonchev–Trinajstić information content (AvgIpc) is 2.65. The Morgan fingerprint density at radius 3 is 2.62 bits per heavy atom. The number of carbonyl (C=O) groups is 2. The van der Waals surface area contributed by atoms with Crippen molar-refractivity contribution in [1.82, 2.24) is 4.90 Å². The van der Waals surface area contributed by atoms with E-state index in [1.165, 1.54) is 0 Å². The molecule has 0 aliphatic carbocycles. The molecule has 1 atom stereocenters. The van der Waals surface area contributed by atoms with Crippen LogP contribution in [0.3, 0.4) is 0 Å². The van der Waals surface area contributed by atoms with Crippen molar-refractivity contribution in [1.29, 1.82) is 0 Å². The first-order chi connectivity index (χ1) is 12.5. The van der Waals surface area contributed by atoms with Gasteiger partial charge in [-0.25, -0.2) is 0 Å². The van der Waals surface area contributed by atoms with Crippen LogP contribution in [0.1, 0.15) is 18.4 Å². The van der Waals surface area contributed by atoms with Crippen LogP contribution in [0.5, 0.6) is 0 Å². The highest BCUT2D eigenvalue weighted by Gasteiger charge is 2.28. The third-order valence-electron chi connectivity index (χ3n) is 4.53. The van der Waals surface area contributed by atoms with Crippen LogP contribution in [-0.4, -0.2) is 29.8 Å². The Morgan fingerprint density at radius 2 is 1.88 bits per heavy atom. The highest BCUT2D eigenvalue weighted by molar-refractivity contribution is 9.11. The molecule has 1 aliphatic heterocycles. The van der Waals surface area contributed by atoms with Crippen LogP contribution in [0, 0.1) is 5.92 Å². The maximum atomic E-state index is 12.6. The number of nitrogens with one attached hydrogen (secondary N) is 1. The van der Waals surface area contributed by atoms with E-state index < -0.39 is 0 Å². The highest BCUT2D eigenvalue weighted by Crippen LogP contribution is 2.27. The largest absolute Gasteiger partial charge is 0.342 e. The maximum absolute atomic E-state index is 12.6. The predicted octanol–water partition coefficient (Wildman–Crippen LogP) is 4.63. The number of likely N-dealkylation sites (tertiary alicyclic amines) is 1. The Morgan fingerprint density at radius 1 is 1.12 bits per heavy atom. The van der Waals surface area contributed by atoms with Gasteiger partial charge in [-0.05, 0) is 52.5 Å². The summed E-state index contributed by atoms with van der Waals surface area (Å²) in [5.41, 5.74) is 1.74. The fourth-order valence-electron chi connectivity index (χ4n) is 3.13. The summed E-state index contributed by atoms with van der Waals surface area (Å²) in [6.45, 7) is 1.20. The zero-order valence-corrected chi connectivity index (χ0v) is 17.4. The van der Waals surface area contributed by atoms with Crippen molar-refractivity contribution < 1.29 is 9.59 Å². The third-order valence-corrected chi connectivity index (χ3v) is 5.68. The number of anilines is 1. The number of halogens is 2. The molecule has 2 amide bonds. The van der Waals surface area contributed by atoms with Crippen LogP contribution in [0.25, 0.3) is 0 Å². The molecule has 0 saturated carbocycles. The zero-order chi connectivity index (χ0) is 18.5. The lowest BCUT2D eigenvalue weighted by Crippen LogP contribution is -2.44. The summed E-state index contributed by atoms with van der Waals surface area (Å²) in [7, 11) is 0. The van der Waals surface area contributed by atoms with Crippen LogP contribution in [0.4, 0.5) is 5.69 Å². The molecule has 4 nitrogen and oxygen atoms in total. The van der Waals surface area contributed by atoms with E-state index in [0.717, 1.165) is 39.6 Å². The van der Waals surface area contributed by atoms with E-state index in [2.05, 4.69) is 37.2 Å². The van der Waals surface area contributed by atoms with Crippen molar-refractivity contribution in [3.8, 4) is 0 Å². The number of carbonyl (C=O) groups excluding carboxylic acids is 2. The van der Waals surface area contributed by atoms with Gasteiger partial charge >= 0.3 is 0 Å². The number of rotatable bonds is 4. The minimum Gasteiger partial charge on any atom is -0.342 e. The Kier molecular flexibility index (Phi) is 6.48. The number of nitrogens with zero attached hydrogens (tertiary/aromatic N) is 1. The highest BCUT2D eigenvalue weighted by atomic mass is 79.9. The predicted molar refractivity (Wildman–Crippen MR) is 110 cm³/mol. The van der Waals surface area contributed by atoms with Crippen molar-refractivity contribution in [3.05, 3.63) is 63.0 Å². The van der Waals surface area contributed by atoms with E-state index in [1.54, 1.807) is 0 Å². The van der Waals surface area contributed by atoms with Gasteiger partial charge in [0.15, 0.2) is 0 Å². The molecule has 0 spiro atoms. The SMILES string of the molecule is O=C(Nc1ccc(Br)cc1Br)C1CCCN(C(=O)Cc2ccccc2)C1. The number of hydrogen-bond acceptors (Lipinski definition) is 2. The topological polar surface area (TPSA) is 49.4 Å². The number of hydrogen-bond donors (Lipinski definition) is 1. The Hall–Kier alpha value is -1.66. The molecule has 1 aliphatic rings. The zero-order valence-electron chi connectivity index (χ0n) is 14.3. The second kappa shape index (κ2) is 8.82. The lowest BCUT2D eigenvalue weighted by Gasteiger charge is -2.32. The first kappa shape index (κ1) is 19.1. The van der Waals surface area contributed by atoms with Crippen LogP contribution in [-0.2, 0) is 16.0 Å². The standard InChI is InChI=1S/C20H20Br2N2O2/c21-16-8-9-18(17(22)12-16)23-20(26)15-7-4-10-24(13-15)19(25)11-14-5-2-1-3-6-14/h1-3,5-6,8-9,12,15H,4,7,10-11,13H2,(H,23,26). The second-order valence-electron chi connectivity index (χ2n) is 6.45. The Balaban J connectivity index is 1.60. The summed E-state index contributed by atoms with van der Waals surface area (Å²) >= 11 is 6.87. The molecule has 136 valence electrons. The van der Waals surface area contributed by atoms with Gasteiger partial charge in [-0.3, -0.25) is 9.59 Å². The first-order valence-electron chi connectivity index (χ1n) is 8.60. The average molecular weight is 480 g/mol. The van der Waals surface area contributed by atoms with Crippen molar-refractivity contribution in [2.24, 2.45) is 5.92 Å². The number of piperidine rings is 1. The van der Waals surface area contributed by atoms with E-state index in [0.29, 0.717) is 13.0 Å². The number of benzene rings is 2. The van der Waals surface area contributed by atoms with Gasteiger partial charge in [0, 0.05) is 22.0 Å². The summed E-state index contributed by atoms with van der Waals surface area (Å²) in [6.07, 6.45) is 2.03. The summed E-state index contributed by atoms with van der Waals surface area (Å²) in [5.74, 6) is -0.136. The molecule has 3 rings (SSSR count). The molecule has 0 aromatic heterocycles. The Bertz CT molecular complexity index is 796. The fourth-order valence-corrected chi connectivity index (χ4v) is 4.27. The van der Waals surface area contributed by atoms with Crippen molar-refractivity contribution >= 4 is 49.4 Å². The summed E-state index contributed by atoms with van der Waals surface area (Å²) in [4.78, 5) is 27.0. The number of amides is 2. The fraction of sp³-hybridized carbons (Fsp3) is 0.300. The van der Waals surface area contributed by atoms with E-state index in [-0.39, 0.29) is 17.7 Å². The van der Waals surface area contributed by atoms with Crippen LogP contribution in [0.2, 0.25) is 0 Å². The normalized spacial score (nSPS) is 17.0. The van der Waals surface area contributed by atoms with Crippen LogP contribution in [0.15, 0.2) is 57.5 Å². The monoisotopic (exact) mass is 478 g/mol. The van der Waals surface area contributed by atoms with E-state index in [1.807, 2.05) is 53.4 Å². The van der Waals surface area contributed by atoms with Gasteiger partial charge in [-0.1, -0.05) is 46.3 Å². The molecule has 2 aromatic rings. The Labute approximate surface area is 170 Å². The maximum Gasteiger partial charge on any atom is 0.229 e. The minimum absolute atomic E-state index is 0.0368. The lowest BCUT2D eigenvalue weighted by atomic mass is 9.96. The third kappa shape index (κ3) is 4.95. The van der Waals surface area contributed by atoms with Gasteiger partial charge < -0.3 is 10.2 Å². The molecule has 0 bridgehead atoms. The quantitative estimate of drug-likeness (QED) is 0.694. The molecule has 6 heteroatoms. The van der Waals surface area contributed by atoms with Gasteiger partial charge in [-0.15, -0.1) is 0 Å². The summed E-state index contributed by atoms with van der Waals surface area (Å²) in [6, 6.07) is 15.4. The first-order valence-corrected chi connectivity index (χ1v) is 10.2. The molecule has 1 unspecified atom stereocenters. The van der Waals surface area contributed by atoms with Gasteiger partial charge in [0.25, 0.3) is 0 Å². The molecular formula is C20H20Br2N2O2. The van der Waals surface area contributed by atoms with E-state index in [4.69, 9.17) is 0 Å². The minimum atomic E-state index is -0.181. The molecule has 1 saturated heterocycles. The lowest BCUT2D eigenvalue weighted by molar-refractivity contribution is -0.133. The smallest absolute Gasteiger partial charge is 0.229 e. The van der Waals surface area contributed by atoms with Crippen molar-refractivity contribution in [2.45, 2.75) is 19.3 Å². The molecule has 0 radical (unpaired) electrons. The summed E-state index contributed by atoms with van der Waals surface area (Å²) in [5, 5.41) is 2.97. The molecule has 1 fully saturated rings. The second-order valence-corrected chi connectivity index (χ2v) is 8.22. The molecule has 2 aromatic carbocycles. The van der Waals surface area contributed by atoms with Crippen molar-refractivity contribution in [3.63, 3.8) is 0 Å². The van der Waals surface area contributed by atoms with Gasteiger partial charge in [0.1, 0.15) is 0 Å². The van der Waals surface area contributed by atoms with Crippen LogP contribution < -0.4 is 5.32 Å². The summed E-state index contributed by atoms with van der Waals surface area (Å²) < 4.78 is 1.77. The molecule has 26 heavy (non-hydrogen) atoms. The van der Waals surface area contributed by atoms with Crippen LogP contribution >= 0.6 is 31.9 Å². The molecule has 1 N–H and O–H groups in total. The van der Waals surface area contributed by atoms with E-state index in [9.17, 15) is 9.59 Å². The van der Waals surface area contributed by atoms with Gasteiger partial charge in [-0.2, -0.15) is 0 Å². The molecular weight excluding hydrogens is 460 g/mol. The van der Waals surface area contributed by atoms with Gasteiger partial charge in [0.05, 0.1) is 18.0 Å². The van der Waals surface area contributed by atoms with Crippen molar-refractivity contribution in [2.75, 3.05) is 18.4 Å². The van der Waals surface area contributed by atoms with Gasteiger partial charge in [0.2, 0.25) is 11.8 Å². The molecule has 1 heterocycles. The van der Waals surface area contributed by atoms with E-state index >= 15 is 0 Å².